The molecule has 412 valence electrons. The number of rotatable bonds is 52. The number of likely N-dealkylation sites (N-methyl/N-ethyl adjacent to an activating group) is 1. The van der Waals surface area contributed by atoms with Crippen LogP contribution in [0.5, 0.6) is 0 Å². The lowest BCUT2D eigenvalue weighted by Crippen LogP contribution is -2.47. The highest BCUT2D eigenvalue weighted by molar-refractivity contribution is 7.47. The summed E-state index contributed by atoms with van der Waals surface area (Å²) in [6, 6.07) is -0.857. The molecule has 0 aromatic heterocycles. The minimum atomic E-state index is -4.45. The highest BCUT2D eigenvalue weighted by Gasteiger charge is 2.30. The fraction of sp³-hybridized carbons (Fsp3) is 0.770. The molecule has 0 fully saturated rings. The number of phosphoric ester groups is 1. The molecule has 0 saturated heterocycles. The topological polar surface area (TPSA) is 111 Å². The lowest BCUT2D eigenvalue weighted by atomic mass is 10.0. The Morgan fingerprint density at radius 1 is 0.521 bits per heavy atom. The predicted molar refractivity (Wildman–Crippen MR) is 305 cm³/mol. The molecule has 0 aliphatic heterocycles. The summed E-state index contributed by atoms with van der Waals surface area (Å²) in [6.07, 6.45) is 64.6. The molecule has 0 spiro atoms. The molecule has 71 heavy (non-hydrogen) atoms. The number of phosphoric acid groups is 1. The van der Waals surface area contributed by atoms with E-state index in [4.69, 9.17) is 13.8 Å². The Morgan fingerprint density at radius 2 is 0.958 bits per heavy atom. The van der Waals surface area contributed by atoms with E-state index in [2.05, 4.69) is 86.8 Å². The molecule has 1 amide bonds. The first-order valence-electron chi connectivity index (χ1n) is 29.3. The van der Waals surface area contributed by atoms with Crippen LogP contribution in [0.15, 0.2) is 72.9 Å². The van der Waals surface area contributed by atoms with Gasteiger partial charge in [0.1, 0.15) is 19.3 Å². The van der Waals surface area contributed by atoms with Crippen LogP contribution in [0.4, 0.5) is 0 Å². The van der Waals surface area contributed by atoms with Crippen LogP contribution in [0, 0.1) is 0 Å². The fourth-order valence-electron chi connectivity index (χ4n) is 8.15. The van der Waals surface area contributed by atoms with E-state index < -0.39 is 20.0 Å². The standard InChI is InChI=1S/C61H111N2O7P/c1-7-10-13-16-19-22-25-27-29-30-31-32-34-36-39-42-45-48-51-54-61(65)70-59(52-49-46-43-40-37-24-21-18-15-12-9-3)58(57-69-71(66,67)68-56-55-63(4,5)6)62-60(64)53-50-47-44-41-38-35-33-28-26-23-20-17-14-11-8-2/h11,14,17,19-20,22-23,26-27,29,49,52,58-59H,7-10,12-13,15-16,18,21,24-25,28,30-48,50-51,53-57H2,1-6H3,(H-,62,64,66,67)/p+1/b14-11+,20-17+,22-19-,26-23+,29-27-,52-49+. The van der Waals surface area contributed by atoms with Crippen LogP contribution < -0.4 is 5.32 Å². The van der Waals surface area contributed by atoms with Gasteiger partial charge in [-0.15, -0.1) is 0 Å². The molecule has 0 radical (unpaired) electrons. The molecule has 3 unspecified atom stereocenters. The first-order chi connectivity index (χ1) is 34.4. The molecule has 0 saturated carbocycles. The van der Waals surface area contributed by atoms with E-state index in [9.17, 15) is 19.0 Å². The molecule has 0 aromatic rings. The maximum absolute atomic E-state index is 13.5. The van der Waals surface area contributed by atoms with E-state index in [0.29, 0.717) is 17.4 Å². The van der Waals surface area contributed by atoms with E-state index in [0.717, 1.165) is 83.5 Å². The second kappa shape index (κ2) is 51.0. The third-order valence-electron chi connectivity index (χ3n) is 12.7. The van der Waals surface area contributed by atoms with Gasteiger partial charge in [-0.2, -0.15) is 0 Å². The molecule has 10 heteroatoms. The van der Waals surface area contributed by atoms with Crippen LogP contribution >= 0.6 is 7.82 Å². The first kappa shape index (κ1) is 68.5. The molecule has 0 bridgehead atoms. The van der Waals surface area contributed by atoms with Gasteiger partial charge in [0.05, 0.1) is 33.8 Å². The first-order valence-corrected chi connectivity index (χ1v) is 30.8. The summed E-state index contributed by atoms with van der Waals surface area (Å²) in [5.74, 6) is -0.525. The van der Waals surface area contributed by atoms with Crippen LogP contribution in [-0.4, -0.2) is 74.3 Å². The summed E-state index contributed by atoms with van der Waals surface area (Å²) in [5, 5.41) is 3.04. The van der Waals surface area contributed by atoms with Crippen molar-refractivity contribution in [3.8, 4) is 0 Å². The van der Waals surface area contributed by atoms with Crippen LogP contribution in [0.3, 0.4) is 0 Å². The number of hydrogen-bond donors (Lipinski definition) is 2. The van der Waals surface area contributed by atoms with Gasteiger partial charge >= 0.3 is 13.8 Å². The van der Waals surface area contributed by atoms with Crippen molar-refractivity contribution in [2.75, 3.05) is 40.9 Å². The summed E-state index contributed by atoms with van der Waals surface area (Å²) in [5.41, 5.74) is 0. The van der Waals surface area contributed by atoms with Gasteiger partial charge in [-0.1, -0.05) is 229 Å². The molecular weight excluding hydrogens is 904 g/mol. The second-order valence-electron chi connectivity index (χ2n) is 20.8. The number of ether oxygens (including phenoxy) is 1. The van der Waals surface area contributed by atoms with Crippen molar-refractivity contribution in [1.82, 2.24) is 5.32 Å². The van der Waals surface area contributed by atoms with Gasteiger partial charge in [0.25, 0.3) is 0 Å². The zero-order valence-electron chi connectivity index (χ0n) is 47.0. The molecule has 2 N–H and O–H groups in total. The Morgan fingerprint density at radius 3 is 1.48 bits per heavy atom. The Balaban J connectivity index is 5.29. The number of esters is 1. The van der Waals surface area contributed by atoms with Crippen molar-refractivity contribution in [3.05, 3.63) is 72.9 Å². The van der Waals surface area contributed by atoms with Gasteiger partial charge in [-0.05, 0) is 83.1 Å². The molecule has 0 heterocycles. The normalized spacial score (nSPS) is 14.3. The Bertz CT molecular complexity index is 1450. The van der Waals surface area contributed by atoms with Crippen molar-refractivity contribution < 1.29 is 37.3 Å². The number of unbranched alkanes of at least 4 members (excludes halogenated alkanes) is 28. The SMILES string of the molecule is CC/C=C/C=C/C=C/CCCCCCCCCC(=O)NC(COP(=O)(O)OCC[N+](C)(C)C)C(/C=C/CCCCCCCCCCC)OC(=O)CCCCCCCCCCC/C=C\C/C=C\CCCCC. The number of nitrogens with zero attached hydrogens (tertiary/aromatic N) is 1. The third-order valence-corrected chi connectivity index (χ3v) is 13.7. The lowest BCUT2D eigenvalue weighted by molar-refractivity contribution is -0.870. The quantitative estimate of drug-likeness (QED) is 0.0156. The Labute approximate surface area is 438 Å². The summed E-state index contributed by atoms with van der Waals surface area (Å²) < 4.78 is 30.6. The molecule has 0 aliphatic rings. The van der Waals surface area contributed by atoms with Crippen molar-refractivity contribution in [2.45, 2.75) is 264 Å². The van der Waals surface area contributed by atoms with Crippen LogP contribution in [-0.2, 0) is 27.9 Å². The minimum Gasteiger partial charge on any atom is -0.456 e. The number of hydrogen-bond acceptors (Lipinski definition) is 6. The van der Waals surface area contributed by atoms with Gasteiger partial charge in [0, 0.05) is 12.8 Å². The van der Waals surface area contributed by atoms with Crippen LogP contribution in [0.2, 0.25) is 0 Å². The maximum atomic E-state index is 13.5. The highest BCUT2D eigenvalue weighted by atomic mass is 31.2. The molecule has 0 aromatic carbocycles. The number of amides is 1. The monoisotopic (exact) mass is 1020 g/mol. The average molecular weight is 1020 g/mol. The van der Waals surface area contributed by atoms with Gasteiger partial charge in [-0.25, -0.2) is 4.57 Å². The molecular formula is C61H112N2O7P+. The molecule has 3 atom stereocenters. The minimum absolute atomic E-state index is 0.0345. The number of nitrogens with one attached hydrogen (secondary N) is 1. The second-order valence-corrected chi connectivity index (χ2v) is 22.3. The zero-order chi connectivity index (χ0) is 52.2. The van der Waals surface area contributed by atoms with Crippen LogP contribution in [0.1, 0.15) is 252 Å². The Hall–Kier alpha value is -2.55. The third kappa shape index (κ3) is 52.1. The number of quaternary nitrogens is 1. The fourth-order valence-corrected chi connectivity index (χ4v) is 8.88. The van der Waals surface area contributed by atoms with E-state index >= 15 is 0 Å². The largest absolute Gasteiger partial charge is 0.472 e. The average Bonchev–Trinajstić information content (AvgIpc) is 3.33. The molecule has 0 aliphatic carbocycles. The highest BCUT2D eigenvalue weighted by Crippen LogP contribution is 2.43. The number of carbonyl (C=O) groups is 2. The smallest absolute Gasteiger partial charge is 0.456 e. The maximum Gasteiger partial charge on any atom is 0.472 e. The van der Waals surface area contributed by atoms with Gasteiger partial charge in [0.2, 0.25) is 5.91 Å². The van der Waals surface area contributed by atoms with Crippen molar-refractivity contribution in [3.63, 3.8) is 0 Å². The summed E-state index contributed by atoms with van der Waals surface area (Å²) >= 11 is 0. The van der Waals surface area contributed by atoms with Gasteiger partial charge in [0.15, 0.2) is 0 Å². The van der Waals surface area contributed by atoms with E-state index in [1.54, 1.807) is 0 Å². The summed E-state index contributed by atoms with van der Waals surface area (Å²) in [7, 11) is 1.48. The van der Waals surface area contributed by atoms with Crippen molar-refractivity contribution in [2.24, 2.45) is 0 Å². The predicted octanol–water partition coefficient (Wildman–Crippen LogP) is 17.7. The lowest BCUT2D eigenvalue weighted by Gasteiger charge is -2.27. The van der Waals surface area contributed by atoms with E-state index in [1.165, 1.54) is 135 Å². The van der Waals surface area contributed by atoms with Gasteiger partial charge in [-0.3, -0.25) is 18.6 Å². The number of allylic oxidation sites excluding steroid dienone is 11. The van der Waals surface area contributed by atoms with Crippen molar-refractivity contribution in [1.29, 1.82) is 0 Å². The molecule has 9 nitrogen and oxygen atoms in total. The molecule has 0 rings (SSSR count). The van der Waals surface area contributed by atoms with Gasteiger partial charge < -0.3 is 19.4 Å². The summed E-state index contributed by atoms with van der Waals surface area (Å²) in [6.45, 7) is 6.84. The summed E-state index contributed by atoms with van der Waals surface area (Å²) in [4.78, 5) is 37.6. The zero-order valence-corrected chi connectivity index (χ0v) is 47.8. The van der Waals surface area contributed by atoms with Crippen LogP contribution in [0.25, 0.3) is 0 Å². The Kier molecular flexibility index (Phi) is 49.1. The van der Waals surface area contributed by atoms with E-state index in [1.807, 2.05) is 33.3 Å². The number of carbonyl (C=O) groups excluding carboxylic acids is 2. The van der Waals surface area contributed by atoms with E-state index in [-0.39, 0.29) is 31.5 Å². The van der Waals surface area contributed by atoms with Crippen molar-refractivity contribution >= 4 is 19.7 Å².